The van der Waals surface area contributed by atoms with Crippen molar-refractivity contribution in [3.8, 4) is 0 Å². The number of fused-ring (bicyclic) bond motifs is 1. The number of rotatable bonds is 2. The van der Waals surface area contributed by atoms with Gasteiger partial charge in [0.1, 0.15) is 0 Å². The third-order valence-electron chi connectivity index (χ3n) is 5.91. The largest absolute Gasteiger partial charge is 0.465 e. The number of nitrogens with one attached hydrogen (secondary N) is 1. The van der Waals surface area contributed by atoms with Crippen LogP contribution in [0.25, 0.3) is 10.9 Å². The molecular weight excluding hydrogens is 273 g/mol. The molecule has 1 aromatic carbocycles. The molecule has 0 spiro atoms. The van der Waals surface area contributed by atoms with Crippen molar-refractivity contribution in [2.24, 2.45) is 10.8 Å². The predicted octanol–water partition coefficient (Wildman–Crippen LogP) is 3.72. The van der Waals surface area contributed by atoms with E-state index in [2.05, 4.69) is 38.7 Å². The smallest absolute Gasteiger partial charge is 0.337 e. The average molecular weight is 297 g/mol. The monoisotopic (exact) mass is 297 g/mol. The molecule has 0 saturated carbocycles. The summed E-state index contributed by atoms with van der Waals surface area (Å²) in [5, 5.41) is 1.23. The highest BCUT2D eigenvalue weighted by Crippen LogP contribution is 2.52. The van der Waals surface area contributed by atoms with E-state index in [1.54, 1.807) is 0 Å². The molecule has 0 bridgehead atoms. The number of carbonyl (C=O) groups excluding carboxylic acids is 1. The van der Waals surface area contributed by atoms with Crippen LogP contribution < -0.4 is 5.46 Å². The number of aromatic amines is 1. The number of hydrogen-bond donors (Lipinski definition) is 1. The minimum atomic E-state index is -0.269. The summed E-state index contributed by atoms with van der Waals surface area (Å²) in [6, 6.07) is 6.03. The minimum absolute atomic E-state index is 0.269. The Kier molecular flexibility index (Phi) is 3.39. The van der Waals surface area contributed by atoms with Gasteiger partial charge in [0.25, 0.3) is 0 Å². The molecule has 2 heterocycles. The van der Waals surface area contributed by atoms with Crippen LogP contribution in [0.4, 0.5) is 0 Å². The van der Waals surface area contributed by atoms with Gasteiger partial charge >= 0.3 is 5.97 Å². The zero-order valence-corrected chi connectivity index (χ0v) is 14.1. The maximum atomic E-state index is 12.0. The standard InChI is InChI=1S/C18H24BNO2/c1-17(2)10-19(11-18(17,3)4)14-8-12(16(21)22-5)9-15-13(14)6-7-20-15/h6-9,20H,10-11H2,1-5H3. The quantitative estimate of drug-likeness (QED) is 0.678. The number of H-pyrrole nitrogens is 1. The highest BCUT2D eigenvalue weighted by Gasteiger charge is 2.48. The number of carbonyl (C=O) groups is 1. The number of methoxy groups -OCH3 is 1. The van der Waals surface area contributed by atoms with E-state index in [0.29, 0.717) is 23.1 Å². The lowest BCUT2D eigenvalue weighted by atomic mass is 9.41. The average Bonchev–Trinajstić information content (AvgIpc) is 2.99. The van der Waals surface area contributed by atoms with E-state index in [0.717, 1.165) is 18.2 Å². The highest BCUT2D eigenvalue weighted by atomic mass is 16.5. The Balaban J connectivity index is 2.11. The topological polar surface area (TPSA) is 42.1 Å². The number of benzene rings is 1. The first-order chi connectivity index (χ1) is 10.2. The summed E-state index contributed by atoms with van der Waals surface area (Å²) in [5.41, 5.74) is 3.51. The normalized spacial score (nSPS) is 19.6. The van der Waals surface area contributed by atoms with Crippen LogP contribution in [0, 0.1) is 10.8 Å². The van der Waals surface area contributed by atoms with Crippen LogP contribution in [0.2, 0.25) is 12.6 Å². The SMILES string of the molecule is COC(=O)c1cc(B2CC(C)(C)C(C)(C)C2)c2cc[nH]c2c1. The van der Waals surface area contributed by atoms with Crippen molar-refractivity contribution in [1.82, 2.24) is 4.98 Å². The van der Waals surface area contributed by atoms with Crippen molar-refractivity contribution in [3.05, 3.63) is 30.0 Å². The third kappa shape index (κ3) is 2.25. The van der Waals surface area contributed by atoms with Crippen LogP contribution in [0.3, 0.4) is 0 Å². The van der Waals surface area contributed by atoms with Crippen molar-refractivity contribution in [2.45, 2.75) is 40.3 Å². The second-order valence-electron chi connectivity index (χ2n) is 7.87. The number of ether oxygens (including phenoxy) is 1. The fourth-order valence-corrected chi connectivity index (χ4v) is 3.85. The van der Waals surface area contributed by atoms with Gasteiger partial charge in [-0.15, -0.1) is 0 Å². The van der Waals surface area contributed by atoms with E-state index < -0.39 is 0 Å². The second-order valence-corrected chi connectivity index (χ2v) is 7.87. The van der Waals surface area contributed by atoms with Gasteiger partial charge in [0.05, 0.1) is 12.7 Å². The summed E-state index contributed by atoms with van der Waals surface area (Å²) in [6.45, 7) is 9.89. The van der Waals surface area contributed by atoms with Crippen molar-refractivity contribution < 1.29 is 9.53 Å². The third-order valence-corrected chi connectivity index (χ3v) is 5.91. The molecule has 1 fully saturated rings. The summed E-state index contributed by atoms with van der Waals surface area (Å²) >= 11 is 0. The molecule has 3 rings (SSSR count). The maximum Gasteiger partial charge on any atom is 0.337 e. The van der Waals surface area contributed by atoms with Crippen LogP contribution in [-0.4, -0.2) is 24.8 Å². The predicted molar refractivity (Wildman–Crippen MR) is 92.2 cm³/mol. The number of esters is 1. The van der Waals surface area contributed by atoms with Gasteiger partial charge in [-0.1, -0.05) is 51.9 Å². The summed E-state index contributed by atoms with van der Waals surface area (Å²) in [6.07, 6.45) is 4.23. The van der Waals surface area contributed by atoms with Gasteiger partial charge in [0.15, 0.2) is 6.71 Å². The van der Waals surface area contributed by atoms with Gasteiger partial charge in [-0.3, -0.25) is 0 Å². The molecule has 0 amide bonds. The first-order valence-corrected chi connectivity index (χ1v) is 7.94. The molecule has 1 aliphatic rings. The molecule has 1 saturated heterocycles. The molecule has 1 aliphatic heterocycles. The highest BCUT2D eigenvalue weighted by molar-refractivity contribution is 6.76. The Bertz CT molecular complexity index is 714. The molecule has 1 N–H and O–H groups in total. The lowest BCUT2D eigenvalue weighted by Gasteiger charge is -2.35. The van der Waals surface area contributed by atoms with E-state index in [4.69, 9.17) is 4.74 Å². The van der Waals surface area contributed by atoms with Crippen LogP contribution in [0.1, 0.15) is 38.1 Å². The van der Waals surface area contributed by atoms with Gasteiger partial charge in [-0.05, 0) is 28.3 Å². The molecule has 0 atom stereocenters. The zero-order valence-electron chi connectivity index (χ0n) is 14.1. The fourth-order valence-electron chi connectivity index (χ4n) is 3.85. The first kappa shape index (κ1) is 15.2. The van der Waals surface area contributed by atoms with Gasteiger partial charge < -0.3 is 9.72 Å². The molecule has 0 radical (unpaired) electrons. The minimum Gasteiger partial charge on any atom is -0.465 e. The van der Waals surface area contributed by atoms with Crippen LogP contribution in [-0.2, 0) is 4.74 Å². The molecule has 1 aromatic heterocycles. The summed E-state index contributed by atoms with van der Waals surface area (Å²) in [7, 11) is 1.43. The Morgan fingerprint density at radius 3 is 2.41 bits per heavy atom. The van der Waals surface area contributed by atoms with Crippen molar-refractivity contribution in [1.29, 1.82) is 0 Å². The Hall–Kier alpha value is -1.71. The van der Waals surface area contributed by atoms with Gasteiger partial charge in [0, 0.05) is 11.7 Å². The van der Waals surface area contributed by atoms with E-state index in [1.165, 1.54) is 18.0 Å². The van der Waals surface area contributed by atoms with E-state index in [1.807, 2.05) is 18.3 Å². The van der Waals surface area contributed by atoms with Crippen molar-refractivity contribution in [2.75, 3.05) is 7.11 Å². The lowest BCUT2D eigenvalue weighted by Crippen LogP contribution is -2.29. The summed E-state index contributed by atoms with van der Waals surface area (Å²) < 4.78 is 4.91. The van der Waals surface area contributed by atoms with Crippen LogP contribution in [0.15, 0.2) is 24.4 Å². The molecular formula is C18H24BNO2. The maximum absolute atomic E-state index is 12.0. The molecule has 0 unspecified atom stereocenters. The Morgan fingerprint density at radius 2 is 1.82 bits per heavy atom. The summed E-state index contributed by atoms with van der Waals surface area (Å²) in [5.74, 6) is -0.269. The summed E-state index contributed by atoms with van der Waals surface area (Å²) in [4.78, 5) is 15.2. The molecule has 3 nitrogen and oxygen atoms in total. The first-order valence-electron chi connectivity index (χ1n) is 7.94. The van der Waals surface area contributed by atoms with E-state index >= 15 is 0 Å². The van der Waals surface area contributed by atoms with Crippen molar-refractivity contribution >= 4 is 29.0 Å². The van der Waals surface area contributed by atoms with Crippen LogP contribution >= 0.6 is 0 Å². The van der Waals surface area contributed by atoms with E-state index in [9.17, 15) is 4.79 Å². The van der Waals surface area contributed by atoms with Crippen molar-refractivity contribution in [3.63, 3.8) is 0 Å². The Labute approximate surface area is 132 Å². The lowest BCUT2D eigenvalue weighted by molar-refractivity contribution is 0.0601. The molecule has 2 aromatic rings. The van der Waals surface area contributed by atoms with Gasteiger partial charge in [0.2, 0.25) is 0 Å². The molecule has 22 heavy (non-hydrogen) atoms. The Morgan fingerprint density at radius 1 is 1.18 bits per heavy atom. The number of aromatic nitrogens is 1. The molecule has 4 heteroatoms. The number of hydrogen-bond acceptors (Lipinski definition) is 2. The molecule has 0 aliphatic carbocycles. The zero-order chi connectivity index (χ0) is 16.1. The fraction of sp³-hybridized carbons (Fsp3) is 0.500. The van der Waals surface area contributed by atoms with Gasteiger partial charge in [-0.2, -0.15) is 0 Å². The van der Waals surface area contributed by atoms with E-state index in [-0.39, 0.29) is 5.97 Å². The van der Waals surface area contributed by atoms with Gasteiger partial charge in [-0.25, -0.2) is 4.79 Å². The van der Waals surface area contributed by atoms with Crippen LogP contribution in [0.5, 0.6) is 0 Å². The molecule has 116 valence electrons. The second kappa shape index (κ2) is 4.90.